The van der Waals surface area contributed by atoms with Crippen molar-refractivity contribution in [3.63, 3.8) is 0 Å². The molecule has 0 aromatic heterocycles. The first-order chi connectivity index (χ1) is 18.2. The molecule has 0 fully saturated rings. The van der Waals surface area contributed by atoms with E-state index in [0.29, 0.717) is 18.9 Å². The molecule has 0 aliphatic rings. The van der Waals surface area contributed by atoms with Gasteiger partial charge >= 0.3 is 5.97 Å². The van der Waals surface area contributed by atoms with Crippen molar-refractivity contribution >= 4 is 5.97 Å². The molecule has 0 amide bonds. The van der Waals surface area contributed by atoms with E-state index in [2.05, 4.69) is 20.8 Å². The lowest BCUT2D eigenvalue weighted by Gasteiger charge is -2.17. The third-order valence-corrected chi connectivity index (χ3v) is 8.15. The van der Waals surface area contributed by atoms with E-state index in [1.54, 1.807) is 0 Å². The highest BCUT2D eigenvalue weighted by molar-refractivity contribution is 5.69. The van der Waals surface area contributed by atoms with E-state index in [1.807, 2.05) is 0 Å². The van der Waals surface area contributed by atoms with Gasteiger partial charge in [0.1, 0.15) is 0 Å². The van der Waals surface area contributed by atoms with Gasteiger partial charge in [0.2, 0.25) is 0 Å². The van der Waals surface area contributed by atoms with E-state index in [4.69, 9.17) is 4.74 Å². The Morgan fingerprint density at radius 1 is 0.432 bits per heavy atom. The molecule has 1 unspecified atom stereocenters. The Labute approximate surface area is 234 Å². The summed E-state index contributed by atoms with van der Waals surface area (Å²) in [7, 11) is 0. The van der Waals surface area contributed by atoms with Gasteiger partial charge in [0, 0.05) is 6.42 Å². The summed E-state index contributed by atoms with van der Waals surface area (Å²) in [5.41, 5.74) is 0. The normalized spacial score (nSPS) is 12.2. The summed E-state index contributed by atoms with van der Waals surface area (Å²) in [5.74, 6) is 0.632. The van der Waals surface area contributed by atoms with Crippen molar-refractivity contribution in [1.29, 1.82) is 0 Å². The van der Waals surface area contributed by atoms with Crippen LogP contribution in [0.2, 0.25) is 0 Å². The van der Waals surface area contributed by atoms with Crippen molar-refractivity contribution in [1.82, 2.24) is 0 Å². The number of hydrogen-bond donors (Lipinski definition) is 0. The summed E-state index contributed by atoms with van der Waals surface area (Å²) in [6.07, 6.45) is 38.2. The molecule has 1 atom stereocenters. The second kappa shape index (κ2) is 31.7. The van der Waals surface area contributed by atoms with E-state index in [-0.39, 0.29) is 5.97 Å². The van der Waals surface area contributed by atoms with Crippen molar-refractivity contribution < 1.29 is 9.53 Å². The van der Waals surface area contributed by atoms with E-state index >= 15 is 0 Å². The van der Waals surface area contributed by atoms with Gasteiger partial charge in [-0.05, 0) is 25.2 Å². The molecule has 0 aliphatic carbocycles. The standard InChI is InChI=1S/C35H70O2/c1-4-7-10-13-16-17-18-19-20-21-23-26-29-32-35(36)37-33-34(30-27-24-15-12-9-6-3)31-28-25-22-14-11-8-5-2/h34H,4-33H2,1-3H3. The Morgan fingerprint density at radius 2 is 0.730 bits per heavy atom. The maximum Gasteiger partial charge on any atom is 0.305 e. The second-order valence-electron chi connectivity index (χ2n) is 12.0. The maximum absolute atomic E-state index is 12.4. The second-order valence-corrected chi connectivity index (χ2v) is 12.0. The average Bonchev–Trinajstić information content (AvgIpc) is 2.90. The Hall–Kier alpha value is -0.530. The van der Waals surface area contributed by atoms with E-state index < -0.39 is 0 Å². The predicted octanol–water partition coefficient (Wildman–Crippen LogP) is 12.5. The van der Waals surface area contributed by atoms with Crippen LogP contribution in [-0.2, 0) is 9.53 Å². The number of rotatable bonds is 31. The number of carbonyl (C=O) groups is 1. The van der Waals surface area contributed by atoms with Gasteiger partial charge in [-0.2, -0.15) is 0 Å². The lowest BCUT2D eigenvalue weighted by Crippen LogP contribution is -2.14. The fourth-order valence-electron chi connectivity index (χ4n) is 5.48. The summed E-state index contributed by atoms with van der Waals surface area (Å²) < 4.78 is 5.78. The van der Waals surface area contributed by atoms with Crippen LogP contribution in [0.15, 0.2) is 0 Å². The number of ether oxygens (including phenoxy) is 1. The van der Waals surface area contributed by atoms with Gasteiger partial charge in [0.25, 0.3) is 0 Å². The summed E-state index contributed by atoms with van der Waals surface area (Å²) >= 11 is 0. The molecule has 2 heteroatoms. The minimum Gasteiger partial charge on any atom is -0.465 e. The third kappa shape index (κ3) is 29.9. The molecule has 222 valence electrons. The molecule has 0 spiro atoms. The molecule has 0 bridgehead atoms. The zero-order chi connectivity index (χ0) is 27.1. The van der Waals surface area contributed by atoms with Crippen LogP contribution < -0.4 is 0 Å². The van der Waals surface area contributed by atoms with Crippen LogP contribution in [0.3, 0.4) is 0 Å². The molecule has 0 heterocycles. The topological polar surface area (TPSA) is 26.3 Å². The Kier molecular flexibility index (Phi) is 31.2. The molecule has 37 heavy (non-hydrogen) atoms. The minimum absolute atomic E-state index is 0.0515. The lowest BCUT2D eigenvalue weighted by molar-refractivity contribution is -0.145. The van der Waals surface area contributed by atoms with Crippen molar-refractivity contribution in [3.05, 3.63) is 0 Å². The van der Waals surface area contributed by atoms with Crippen LogP contribution in [-0.4, -0.2) is 12.6 Å². The van der Waals surface area contributed by atoms with Gasteiger partial charge in [0.05, 0.1) is 6.61 Å². The number of carbonyl (C=O) groups excluding carboxylic acids is 1. The molecule has 0 aliphatic heterocycles. The molecule has 0 aromatic rings. The highest BCUT2D eigenvalue weighted by atomic mass is 16.5. The molecule has 0 N–H and O–H groups in total. The van der Waals surface area contributed by atoms with Crippen LogP contribution >= 0.6 is 0 Å². The molecule has 0 aromatic carbocycles. The molecule has 0 saturated carbocycles. The zero-order valence-corrected chi connectivity index (χ0v) is 26.1. The average molecular weight is 523 g/mol. The van der Waals surface area contributed by atoms with E-state index in [9.17, 15) is 4.79 Å². The molecular formula is C35H70O2. The summed E-state index contributed by atoms with van der Waals surface area (Å²) in [4.78, 5) is 12.4. The van der Waals surface area contributed by atoms with Gasteiger partial charge < -0.3 is 4.74 Å². The molecule has 0 radical (unpaired) electrons. The molecular weight excluding hydrogens is 452 g/mol. The van der Waals surface area contributed by atoms with Crippen molar-refractivity contribution in [2.75, 3.05) is 6.61 Å². The first-order valence-corrected chi connectivity index (χ1v) is 17.4. The number of unbranched alkanes of at least 4 members (excludes halogenated alkanes) is 23. The van der Waals surface area contributed by atoms with Gasteiger partial charge in [-0.1, -0.05) is 181 Å². The zero-order valence-electron chi connectivity index (χ0n) is 26.1. The Bertz CT molecular complexity index is 433. The predicted molar refractivity (Wildman–Crippen MR) is 165 cm³/mol. The van der Waals surface area contributed by atoms with Crippen LogP contribution in [0.4, 0.5) is 0 Å². The van der Waals surface area contributed by atoms with Crippen LogP contribution in [0.1, 0.15) is 207 Å². The van der Waals surface area contributed by atoms with Crippen LogP contribution in [0.25, 0.3) is 0 Å². The fraction of sp³-hybridized carbons (Fsp3) is 0.971. The number of esters is 1. The van der Waals surface area contributed by atoms with Crippen LogP contribution in [0.5, 0.6) is 0 Å². The van der Waals surface area contributed by atoms with E-state index in [0.717, 1.165) is 6.42 Å². The number of hydrogen-bond acceptors (Lipinski definition) is 2. The Morgan fingerprint density at radius 3 is 1.08 bits per heavy atom. The van der Waals surface area contributed by atoms with Gasteiger partial charge in [-0.15, -0.1) is 0 Å². The molecule has 2 nitrogen and oxygen atoms in total. The van der Waals surface area contributed by atoms with Gasteiger partial charge in [-0.25, -0.2) is 0 Å². The first-order valence-electron chi connectivity index (χ1n) is 17.4. The van der Waals surface area contributed by atoms with E-state index in [1.165, 1.54) is 173 Å². The smallest absolute Gasteiger partial charge is 0.305 e. The summed E-state index contributed by atoms with van der Waals surface area (Å²) in [6.45, 7) is 7.52. The minimum atomic E-state index is 0.0515. The largest absolute Gasteiger partial charge is 0.465 e. The van der Waals surface area contributed by atoms with Crippen LogP contribution in [0, 0.1) is 5.92 Å². The summed E-state index contributed by atoms with van der Waals surface area (Å²) in [5, 5.41) is 0. The lowest BCUT2D eigenvalue weighted by atomic mass is 9.94. The maximum atomic E-state index is 12.4. The summed E-state index contributed by atoms with van der Waals surface area (Å²) in [6, 6.07) is 0. The van der Waals surface area contributed by atoms with Crippen molar-refractivity contribution in [3.8, 4) is 0 Å². The van der Waals surface area contributed by atoms with Gasteiger partial charge in [-0.3, -0.25) is 4.79 Å². The first kappa shape index (κ1) is 36.5. The fourth-order valence-corrected chi connectivity index (χ4v) is 5.48. The van der Waals surface area contributed by atoms with Gasteiger partial charge in [0.15, 0.2) is 0 Å². The quantitative estimate of drug-likeness (QED) is 0.0668. The highest BCUT2D eigenvalue weighted by Crippen LogP contribution is 2.20. The highest BCUT2D eigenvalue weighted by Gasteiger charge is 2.12. The van der Waals surface area contributed by atoms with Crippen molar-refractivity contribution in [2.45, 2.75) is 207 Å². The SMILES string of the molecule is CCCCCCCCCCCCCCCC(=O)OCC(CCCCCCCC)CCCCCCCCC. The molecule has 0 rings (SSSR count). The monoisotopic (exact) mass is 523 g/mol. The molecule has 0 saturated heterocycles. The van der Waals surface area contributed by atoms with Crippen molar-refractivity contribution in [2.24, 2.45) is 5.92 Å². The third-order valence-electron chi connectivity index (χ3n) is 8.15. The Balaban J connectivity index is 3.83.